The van der Waals surface area contributed by atoms with Crippen molar-refractivity contribution in [2.75, 3.05) is 12.3 Å². The van der Waals surface area contributed by atoms with Crippen molar-refractivity contribution in [2.45, 2.75) is 20.3 Å². The number of amides is 1. The molecule has 0 aliphatic heterocycles. The first-order valence-corrected chi connectivity index (χ1v) is 5.74. The van der Waals surface area contributed by atoms with Crippen molar-refractivity contribution >= 4 is 17.3 Å². The van der Waals surface area contributed by atoms with Gasteiger partial charge in [-0.05, 0) is 18.4 Å². The number of nitro groups is 1. The maximum absolute atomic E-state index is 11.8. The lowest BCUT2D eigenvalue weighted by Crippen LogP contribution is -2.26. The van der Waals surface area contributed by atoms with Gasteiger partial charge in [-0.2, -0.15) is 0 Å². The van der Waals surface area contributed by atoms with Gasteiger partial charge in [0.05, 0.1) is 10.5 Å². The molecule has 0 aromatic heterocycles. The van der Waals surface area contributed by atoms with Crippen LogP contribution >= 0.6 is 0 Å². The van der Waals surface area contributed by atoms with Crippen molar-refractivity contribution in [2.24, 2.45) is 5.92 Å². The van der Waals surface area contributed by atoms with Gasteiger partial charge in [0.2, 0.25) is 0 Å². The molecule has 0 saturated heterocycles. The minimum absolute atomic E-state index is 0.141. The lowest BCUT2D eigenvalue weighted by Gasteiger charge is -2.08. The summed E-state index contributed by atoms with van der Waals surface area (Å²) in [6.45, 7) is 4.63. The Morgan fingerprint density at radius 3 is 2.72 bits per heavy atom. The molecule has 0 aliphatic carbocycles. The number of hydrogen-bond donors (Lipinski definition) is 2. The smallest absolute Gasteiger partial charge is 0.270 e. The highest BCUT2D eigenvalue weighted by Gasteiger charge is 2.14. The normalized spacial score (nSPS) is 10.4. The number of nitrogens with zero attached hydrogens (tertiary/aromatic N) is 1. The number of anilines is 1. The zero-order chi connectivity index (χ0) is 13.7. The summed E-state index contributed by atoms with van der Waals surface area (Å²) in [5.74, 6) is 0.101. The summed E-state index contributed by atoms with van der Waals surface area (Å²) < 4.78 is 0. The van der Waals surface area contributed by atoms with Crippen LogP contribution in [0, 0.1) is 16.0 Å². The van der Waals surface area contributed by atoms with Crippen molar-refractivity contribution in [1.82, 2.24) is 5.32 Å². The zero-order valence-electron chi connectivity index (χ0n) is 10.5. The van der Waals surface area contributed by atoms with Gasteiger partial charge in [-0.3, -0.25) is 14.9 Å². The number of nitrogens with one attached hydrogen (secondary N) is 1. The van der Waals surface area contributed by atoms with Crippen LogP contribution in [0.5, 0.6) is 0 Å². The number of rotatable bonds is 5. The summed E-state index contributed by atoms with van der Waals surface area (Å²) in [5, 5.41) is 13.3. The third-order valence-corrected chi connectivity index (χ3v) is 2.50. The molecule has 0 heterocycles. The van der Waals surface area contributed by atoms with Gasteiger partial charge < -0.3 is 11.1 Å². The monoisotopic (exact) mass is 251 g/mol. The first-order chi connectivity index (χ1) is 8.41. The molecule has 0 radical (unpaired) electrons. The van der Waals surface area contributed by atoms with E-state index in [0.29, 0.717) is 12.5 Å². The minimum atomic E-state index is -0.551. The quantitative estimate of drug-likeness (QED) is 0.474. The van der Waals surface area contributed by atoms with Crippen LogP contribution < -0.4 is 11.1 Å². The molecule has 0 aliphatic rings. The van der Waals surface area contributed by atoms with E-state index in [1.165, 1.54) is 18.2 Å². The minimum Gasteiger partial charge on any atom is -0.398 e. The van der Waals surface area contributed by atoms with E-state index in [4.69, 9.17) is 5.73 Å². The number of non-ortho nitro benzene ring substituents is 1. The number of nitro benzene ring substituents is 1. The van der Waals surface area contributed by atoms with Crippen LogP contribution in [-0.4, -0.2) is 17.4 Å². The van der Waals surface area contributed by atoms with Crippen molar-refractivity contribution in [3.05, 3.63) is 33.9 Å². The van der Waals surface area contributed by atoms with E-state index in [9.17, 15) is 14.9 Å². The maximum atomic E-state index is 11.8. The van der Waals surface area contributed by atoms with E-state index in [2.05, 4.69) is 5.32 Å². The van der Waals surface area contributed by atoms with Crippen molar-refractivity contribution in [3.8, 4) is 0 Å². The van der Waals surface area contributed by atoms with E-state index in [0.717, 1.165) is 6.42 Å². The number of carbonyl (C=O) groups excluding carboxylic acids is 1. The van der Waals surface area contributed by atoms with Gasteiger partial charge in [-0.25, -0.2) is 0 Å². The highest BCUT2D eigenvalue weighted by Crippen LogP contribution is 2.19. The molecule has 6 nitrogen and oxygen atoms in total. The molecule has 0 saturated carbocycles. The molecule has 6 heteroatoms. The van der Waals surface area contributed by atoms with E-state index in [-0.39, 0.29) is 22.8 Å². The van der Waals surface area contributed by atoms with Gasteiger partial charge >= 0.3 is 0 Å². The molecular weight excluding hydrogens is 234 g/mol. The second-order valence-corrected chi connectivity index (χ2v) is 4.47. The fourth-order valence-electron chi connectivity index (χ4n) is 1.42. The molecule has 0 atom stereocenters. The van der Waals surface area contributed by atoms with Crippen LogP contribution in [0.4, 0.5) is 11.4 Å². The molecule has 0 fully saturated rings. The van der Waals surface area contributed by atoms with Crippen LogP contribution in [0.2, 0.25) is 0 Å². The van der Waals surface area contributed by atoms with Gasteiger partial charge in [0.1, 0.15) is 0 Å². The van der Waals surface area contributed by atoms with Gasteiger partial charge in [-0.15, -0.1) is 0 Å². The summed E-state index contributed by atoms with van der Waals surface area (Å²) >= 11 is 0. The van der Waals surface area contributed by atoms with E-state index >= 15 is 0 Å². The molecule has 98 valence electrons. The average Bonchev–Trinajstić information content (AvgIpc) is 2.28. The molecule has 3 N–H and O–H groups in total. The Labute approximate surface area is 105 Å². The molecule has 1 aromatic rings. The maximum Gasteiger partial charge on any atom is 0.270 e. The molecule has 0 unspecified atom stereocenters. The molecule has 1 aromatic carbocycles. The lowest BCUT2D eigenvalue weighted by atomic mass is 10.1. The Kier molecular flexibility index (Phi) is 4.65. The first kappa shape index (κ1) is 14.0. The Bertz CT molecular complexity index is 458. The molecule has 1 rings (SSSR count). The first-order valence-electron chi connectivity index (χ1n) is 5.74. The summed E-state index contributed by atoms with van der Waals surface area (Å²) in [4.78, 5) is 21.9. The Morgan fingerprint density at radius 2 is 2.17 bits per heavy atom. The number of nitrogens with two attached hydrogens (primary N) is 1. The Hall–Kier alpha value is -2.11. The van der Waals surface area contributed by atoms with Crippen molar-refractivity contribution in [1.29, 1.82) is 0 Å². The third-order valence-electron chi connectivity index (χ3n) is 2.50. The molecule has 0 spiro atoms. The predicted molar refractivity (Wildman–Crippen MR) is 69.3 cm³/mol. The van der Waals surface area contributed by atoms with Crippen LogP contribution in [0.15, 0.2) is 18.2 Å². The van der Waals surface area contributed by atoms with E-state index < -0.39 is 4.92 Å². The lowest BCUT2D eigenvalue weighted by molar-refractivity contribution is -0.384. The second-order valence-electron chi connectivity index (χ2n) is 4.47. The van der Waals surface area contributed by atoms with Crippen LogP contribution in [0.25, 0.3) is 0 Å². The van der Waals surface area contributed by atoms with Gasteiger partial charge in [-0.1, -0.05) is 13.8 Å². The Balaban J connectivity index is 2.78. The molecule has 18 heavy (non-hydrogen) atoms. The van der Waals surface area contributed by atoms with Gasteiger partial charge in [0, 0.05) is 24.4 Å². The van der Waals surface area contributed by atoms with Crippen LogP contribution in [0.3, 0.4) is 0 Å². The summed E-state index contributed by atoms with van der Waals surface area (Å²) in [7, 11) is 0. The number of nitrogen functional groups attached to an aromatic ring is 1. The standard InChI is InChI=1S/C12H17N3O3/c1-8(2)5-6-14-12(16)10-7-9(15(17)18)3-4-11(10)13/h3-4,7-8H,5-6,13H2,1-2H3,(H,14,16). The van der Waals surface area contributed by atoms with E-state index in [1.807, 2.05) is 13.8 Å². The zero-order valence-corrected chi connectivity index (χ0v) is 10.5. The fourth-order valence-corrected chi connectivity index (χ4v) is 1.42. The summed E-state index contributed by atoms with van der Waals surface area (Å²) in [6.07, 6.45) is 0.848. The highest BCUT2D eigenvalue weighted by molar-refractivity contribution is 5.99. The SMILES string of the molecule is CC(C)CCNC(=O)c1cc([N+](=O)[O-])ccc1N. The fraction of sp³-hybridized carbons (Fsp3) is 0.417. The average molecular weight is 251 g/mol. The number of hydrogen-bond acceptors (Lipinski definition) is 4. The largest absolute Gasteiger partial charge is 0.398 e. The Morgan fingerprint density at radius 1 is 1.50 bits per heavy atom. The predicted octanol–water partition coefficient (Wildman–Crippen LogP) is 1.95. The molecule has 1 amide bonds. The van der Waals surface area contributed by atoms with E-state index in [1.54, 1.807) is 0 Å². The number of carbonyl (C=O) groups is 1. The van der Waals surface area contributed by atoms with Gasteiger partial charge in [0.15, 0.2) is 0 Å². The van der Waals surface area contributed by atoms with Crippen LogP contribution in [-0.2, 0) is 0 Å². The topological polar surface area (TPSA) is 98.3 Å². The molecule has 0 bridgehead atoms. The number of benzene rings is 1. The van der Waals surface area contributed by atoms with Crippen LogP contribution in [0.1, 0.15) is 30.6 Å². The van der Waals surface area contributed by atoms with Crippen molar-refractivity contribution < 1.29 is 9.72 Å². The summed E-state index contributed by atoms with van der Waals surface area (Å²) in [6, 6.07) is 3.84. The van der Waals surface area contributed by atoms with Crippen molar-refractivity contribution in [3.63, 3.8) is 0 Å². The highest BCUT2D eigenvalue weighted by atomic mass is 16.6. The summed E-state index contributed by atoms with van der Waals surface area (Å²) in [5.41, 5.74) is 5.88. The second kappa shape index (κ2) is 6.00. The third kappa shape index (κ3) is 3.73. The molecular formula is C12H17N3O3. The van der Waals surface area contributed by atoms with Gasteiger partial charge in [0.25, 0.3) is 11.6 Å².